The van der Waals surface area contributed by atoms with Gasteiger partial charge in [0.1, 0.15) is 6.67 Å². The molecule has 0 aliphatic carbocycles. The van der Waals surface area contributed by atoms with Crippen LogP contribution in [0.5, 0.6) is 0 Å². The van der Waals surface area contributed by atoms with Crippen molar-refractivity contribution in [1.82, 2.24) is 0 Å². The van der Waals surface area contributed by atoms with E-state index >= 15 is 0 Å². The minimum atomic E-state index is -5.90. The minimum Gasteiger partial charge on any atom is -0.384 e. The highest BCUT2D eigenvalue weighted by atomic mass is 19.4. The van der Waals surface area contributed by atoms with Gasteiger partial charge in [0.2, 0.25) is 0 Å². The predicted molar refractivity (Wildman–Crippen MR) is 23.0 cm³/mol. The predicted octanol–water partition coefficient (Wildman–Crippen LogP) is 1.51. The molecule has 0 radical (unpaired) electrons. The van der Waals surface area contributed by atoms with Crippen molar-refractivity contribution in [2.24, 2.45) is 0 Å². The average Bonchev–Trinajstić information content (AvgIpc) is 1.83. The van der Waals surface area contributed by atoms with Crippen molar-refractivity contribution in [3.8, 4) is 0 Å². The topological polar surface area (TPSA) is 20.2 Å². The van der Waals surface area contributed by atoms with Gasteiger partial charge < -0.3 is 5.11 Å². The lowest BCUT2D eigenvalue weighted by atomic mass is 10.2. The van der Waals surface area contributed by atoms with Gasteiger partial charge in [-0.1, -0.05) is 0 Å². The van der Waals surface area contributed by atoms with E-state index in [1.165, 1.54) is 0 Å². The fraction of sp³-hybridized carbons (Fsp3) is 1.00. The van der Waals surface area contributed by atoms with E-state index < -0.39 is 24.9 Å². The van der Waals surface area contributed by atoms with Gasteiger partial charge in [-0.2, -0.15) is 22.0 Å². The van der Waals surface area contributed by atoms with Gasteiger partial charge in [0, 0.05) is 0 Å². The van der Waals surface area contributed by atoms with Crippen LogP contribution >= 0.6 is 0 Å². The lowest BCUT2D eigenvalue weighted by Gasteiger charge is -2.22. The van der Waals surface area contributed by atoms with Crippen molar-refractivity contribution in [3.63, 3.8) is 0 Å². The van der Waals surface area contributed by atoms with Gasteiger partial charge in [0.15, 0.2) is 6.10 Å². The summed E-state index contributed by atoms with van der Waals surface area (Å²) in [5.41, 5.74) is 0. The molecule has 1 nitrogen and oxygen atoms in total. The summed E-state index contributed by atoms with van der Waals surface area (Å²) in [6.45, 7) is -2.13. The molecule has 68 valence electrons. The van der Waals surface area contributed by atoms with E-state index in [2.05, 4.69) is 0 Å². The maximum atomic E-state index is 11.7. The van der Waals surface area contributed by atoms with Gasteiger partial charge >= 0.3 is 12.1 Å². The molecule has 0 heterocycles. The molecule has 0 saturated carbocycles. The van der Waals surface area contributed by atoms with Crippen LogP contribution in [0.15, 0.2) is 0 Å². The molecule has 1 N–H and O–H groups in total. The Labute approximate surface area is 57.6 Å². The van der Waals surface area contributed by atoms with Gasteiger partial charge in [-0.3, -0.25) is 0 Å². The Morgan fingerprint density at radius 2 is 1.45 bits per heavy atom. The number of halogens is 6. The molecule has 0 aliphatic heterocycles. The fourth-order valence-corrected chi connectivity index (χ4v) is 0.286. The minimum absolute atomic E-state index is 2.13. The molecular formula is C4H4F6O. The molecule has 1 atom stereocenters. The molecule has 0 fully saturated rings. The van der Waals surface area contributed by atoms with Crippen molar-refractivity contribution in [2.45, 2.75) is 18.2 Å². The Bertz CT molecular complexity index is 129. The smallest absolute Gasteiger partial charge is 0.384 e. The molecule has 0 saturated heterocycles. The SMILES string of the molecule is OC(CF)C(F)(F)C(F)(F)F. The molecule has 0 rings (SSSR count). The fourth-order valence-electron chi connectivity index (χ4n) is 0.286. The summed E-state index contributed by atoms with van der Waals surface area (Å²) in [7, 11) is 0. The molecule has 1 unspecified atom stereocenters. The highest BCUT2D eigenvalue weighted by Crippen LogP contribution is 2.38. The van der Waals surface area contributed by atoms with Crippen LogP contribution in [0.2, 0.25) is 0 Å². The summed E-state index contributed by atoms with van der Waals surface area (Å²) in [6.07, 6.45) is -9.22. The normalized spacial score (nSPS) is 16.6. The number of aliphatic hydroxyl groups excluding tert-OH is 1. The van der Waals surface area contributed by atoms with Crippen molar-refractivity contribution in [1.29, 1.82) is 0 Å². The van der Waals surface area contributed by atoms with Gasteiger partial charge in [0.05, 0.1) is 0 Å². The Hall–Kier alpha value is -0.460. The number of aliphatic hydroxyl groups is 1. The first-order chi connectivity index (χ1) is 4.73. The molecular weight excluding hydrogens is 178 g/mol. The Balaban J connectivity index is 4.45. The standard InChI is InChI=1S/C4H4F6O/c5-1-2(11)3(6,7)4(8,9)10/h2,11H,1H2. The van der Waals surface area contributed by atoms with Gasteiger partial charge in [0.25, 0.3) is 0 Å². The quantitative estimate of drug-likeness (QED) is 0.642. The number of rotatable bonds is 2. The average molecular weight is 182 g/mol. The first-order valence-corrected chi connectivity index (χ1v) is 2.42. The van der Waals surface area contributed by atoms with Crippen LogP contribution in [0.3, 0.4) is 0 Å². The largest absolute Gasteiger partial charge is 0.456 e. The van der Waals surface area contributed by atoms with E-state index in [0.717, 1.165) is 0 Å². The maximum absolute atomic E-state index is 11.7. The number of alkyl halides is 6. The van der Waals surface area contributed by atoms with Gasteiger partial charge in [-0.05, 0) is 0 Å². The van der Waals surface area contributed by atoms with Crippen LogP contribution in [0.25, 0.3) is 0 Å². The second-order valence-corrected chi connectivity index (χ2v) is 1.79. The molecule has 0 aromatic heterocycles. The first-order valence-electron chi connectivity index (χ1n) is 2.42. The summed E-state index contributed by atoms with van der Waals surface area (Å²) in [4.78, 5) is 0. The third-order valence-electron chi connectivity index (χ3n) is 0.943. The number of hydrogen-bond donors (Lipinski definition) is 1. The summed E-state index contributed by atoms with van der Waals surface area (Å²) in [6, 6.07) is 0. The van der Waals surface area contributed by atoms with Crippen molar-refractivity contribution in [2.75, 3.05) is 6.67 Å². The van der Waals surface area contributed by atoms with E-state index in [9.17, 15) is 26.3 Å². The van der Waals surface area contributed by atoms with Crippen molar-refractivity contribution < 1.29 is 31.4 Å². The molecule has 0 aromatic rings. The van der Waals surface area contributed by atoms with Crippen LogP contribution in [0.4, 0.5) is 26.3 Å². The molecule has 0 bridgehead atoms. The maximum Gasteiger partial charge on any atom is 0.456 e. The summed E-state index contributed by atoms with van der Waals surface area (Å²) >= 11 is 0. The molecule has 7 heteroatoms. The molecule has 0 aromatic carbocycles. The van der Waals surface area contributed by atoms with Gasteiger partial charge in [-0.15, -0.1) is 0 Å². The third kappa shape index (κ3) is 1.98. The zero-order valence-electron chi connectivity index (χ0n) is 5.00. The third-order valence-corrected chi connectivity index (χ3v) is 0.943. The molecule has 0 amide bonds. The number of hydrogen-bond acceptors (Lipinski definition) is 1. The van der Waals surface area contributed by atoms with Crippen molar-refractivity contribution >= 4 is 0 Å². The molecule has 0 aliphatic rings. The second-order valence-electron chi connectivity index (χ2n) is 1.79. The van der Waals surface area contributed by atoms with E-state index in [-0.39, 0.29) is 0 Å². The lowest BCUT2D eigenvalue weighted by molar-refractivity contribution is -0.314. The van der Waals surface area contributed by atoms with E-state index in [4.69, 9.17) is 5.11 Å². The van der Waals surface area contributed by atoms with Crippen LogP contribution in [-0.2, 0) is 0 Å². The Morgan fingerprint density at radius 1 is 1.09 bits per heavy atom. The van der Waals surface area contributed by atoms with Crippen LogP contribution in [0.1, 0.15) is 0 Å². The molecule has 11 heavy (non-hydrogen) atoms. The van der Waals surface area contributed by atoms with Crippen molar-refractivity contribution in [3.05, 3.63) is 0 Å². The summed E-state index contributed by atoms with van der Waals surface area (Å²) < 4.78 is 68.2. The Morgan fingerprint density at radius 3 is 1.55 bits per heavy atom. The highest BCUT2D eigenvalue weighted by Gasteiger charge is 2.62. The Kier molecular flexibility index (Phi) is 2.76. The van der Waals surface area contributed by atoms with Crippen LogP contribution in [-0.4, -0.2) is 30.0 Å². The highest BCUT2D eigenvalue weighted by molar-refractivity contribution is 4.83. The zero-order chi connectivity index (χ0) is 9.28. The summed E-state index contributed by atoms with van der Waals surface area (Å²) in [5.74, 6) is -5.37. The van der Waals surface area contributed by atoms with E-state index in [0.29, 0.717) is 0 Å². The lowest BCUT2D eigenvalue weighted by Crippen LogP contribution is -2.48. The first kappa shape index (κ1) is 10.5. The van der Waals surface area contributed by atoms with Crippen LogP contribution < -0.4 is 0 Å². The van der Waals surface area contributed by atoms with Crippen LogP contribution in [0, 0.1) is 0 Å². The second kappa shape index (κ2) is 2.88. The van der Waals surface area contributed by atoms with Gasteiger partial charge in [-0.25, -0.2) is 4.39 Å². The van der Waals surface area contributed by atoms with E-state index in [1.807, 2.05) is 0 Å². The van der Waals surface area contributed by atoms with E-state index in [1.54, 1.807) is 0 Å². The monoisotopic (exact) mass is 182 g/mol. The summed E-state index contributed by atoms with van der Waals surface area (Å²) in [5, 5.41) is 7.88. The molecule has 0 spiro atoms. The zero-order valence-corrected chi connectivity index (χ0v) is 5.00.